The van der Waals surface area contributed by atoms with Crippen molar-refractivity contribution in [2.45, 2.75) is 64.1 Å². The number of ether oxygens (including phenoxy) is 2. The van der Waals surface area contributed by atoms with Crippen LogP contribution in [0.25, 0.3) is 21.9 Å². The number of benzene rings is 1. The van der Waals surface area contributed by atoms with Gasteiger partial charge in [0, 0.05) is 24.5 Å². The minimum Gasteiger partial charge on any atom is -0.474 e. The number of piperidine rings is 1. The van der Waals surface area contributed by atoms with Gasteiger partial charge in [-0.1, -0.05) is 16.8 Å². The molecule has 1 atom stereocenters. The van der Waals surface area contributed by atoms with Crippen LogP contribution in [-0.4, -0.2) is 80.8 Å². The molecule has 0 unspecified atom stereocenters. The highest BCUT2D eigenvalue weighted by Gasteiger charge is 2.31. The Morgan fingerprint density at radius 1 is 1.22 bits per heavy atom. The Kier molecular flexibility index (Phi) is 7.23. The molecule has 9 nitrogen and oxygen atoms in total. The number of carbonyl (C=O) groups is 1. The Morgan fingerprint density at radius 3 is 2.59 bits per heavy atom. The van der Waals surface area contributed by atoms with Crippen molar-refractivity contribution in [3.8, 4) is 5.88 Å². The first-order valence-corrected chi connectivity index (χ1v) is 13.7. The number of pyridine rings is 1. The van der Waals surface area contributed by atoms with Gasteiger partial charge in [-0.15, -0.1) is 5.10 Å². The first kappa shape index (κ1) is 26.4. The molecule has 5 rings (SSSR count). The number of fused-ring (bicyclic) bond motifs is 3. The van der Waals surface area contributed by atoms with E-state index < -0.39 is 11.4 Å². The molecule has 0 radical (unpaired) electrons. The molecule has 2 aliphatic heterocycles. The average Bonchev–Trinajstić information content (AvgIpc) is 3.47. The van der Waals surface area contributed by atoms with Crippen molar-refractivity contribution in [2.24, 2.45) is 0 Å². The van der Waals surface area contributed by atoms with E-state index in [1.165, 1.54) is 0 Å². The van der Waals surface area contributed by atoms with Crippen molar-refractivity contribution in [1.29, 1.82) is 0 Å². The first-order chi connectivity index (χ1) is 17.5. The van der Waals surface area contributed by atoms with Crippen LogP contribution in [0.1, 0.15) is 52.5 Å². The number of likely N-dealkylation sites (tertiary alicyclic amines) is 2. The number of hydrogen-bond donors (Lipinski definition) is 0. The molecule has 1 aromatic carbocycles. The lowest BCUT2D eigenvalue weighted by Crippen LogP contribution is -2.42. The molecule has 0 bridgehead atoms. The van der Waals surface area contributed by atoms with Crippen molar-refractivity contribution < 1.29 is 18.7 Å². The summed E-state index contributed by atoms with van der Waals surface area (Å²) in [5, 5.41) is 9.64. The van der Waals surface area contributed by atoms with Crippen molar-refractivity contribution in [3.63, 3.8) is 0 Å². The number of aromatic nitrogens is 4. The van der Waals surface area contributed by atoms with Gasteiger partial charge in [0.15, 0.2) is 11.3 Å². The fraction of sp³-hybridized carbons (Fsp3) is 0.600. The third kappa shape index (κ3) is 5.22. The summed E-state index contributed by atoms with van der Waals surface area (Å²) < 4.78 is 29.0. The molecule has 2 aliphatic rings. The van der Waals surface area contributed by atoms with E-state index in [0.29, 0.717) is 49.0 Å². The van der Waals surface area contributed by atoms with Crippen LogP contribution >= 0.6 is 27.5 Å². The molecule has 3 aromatic rings. The summed E-state index contributed by atoms with van der Waals surface area (Å²) in [6, 6.07) is 1.90. The standard InChI is InChI=1S/C25H31BrClFN6O3/c1-25(2,3)37-24(35)33-10-7-14(8-11-33)34-22-16-12-17(27)18(26)19(28)20(16)29-23(21(22)30-31-34)36-13-15-6-5-9-32(15)4/h12,14-15H,5-11,13H2,1-4H3/t15-/m0/s1. The van der Waals surface area contributed by atoms with E-state index in [4.69, 9.17) is 21.1 Å². The number of halogens is 3. The van der Waals surface area contributed by atoms with E-state index >= 15 is 4.39 Å². The molecule has 0 spiro atoms. The van der Waals surface area contributed by atoms with Gasteiger partial charge in [0.1, 0.15) is 23.2 Å². The largest absolute Gasteiger partial charge is 0.474 e. The normalized spacial score (nSPS) is 19.8. The quantitative estimate of drug-likeness (QED) is 0.363. The van der Waals surface area contributed by atoms with Crippen LogP contribution in [0.15, 0.2) is 10.5 Å². The van der Waals surface area contributed by atoms with Crippen molar-refractivity contribution >= 4 is 55.6 Å². The molecule has 0 saturated carbocycles. The van der Waals surface area contributed by atoms with E-state index in [0.717, 1.165) is 19.4 Å². The van der Waals surface area contributed by atoms with Crippen LogP contribution in [0.3, 0.4) is 0 Å². The molecule has 2 saturated heterocycles. The zero-order valence-corrected chi connectivity index (χ0v) is 23.8. The number of likely N-dealkylation sites (N-methyl/N-ethyl adjacent to an activating group) is 1. The molecule has 12 heteroatoms. The highest BCUT2D eigenvalue weighted by atomic mass is 79.9. The summed E-state index contributed by atoms with van der Waals surface area (Å²) >= 11 is 9.58. The summed E-state index contributed by atoms with van der Waals surface area (Å²) in [4.78, 5) is 21.0. The lowest BCUT2D eigenvalue weighted by atomic mass is 10.0. The second-order valence-corrected chi connectivity index (χ2v) is 12.0. The van der Waals surface area contributed by atoms with Gasteiger partial charge in [-0.25, -0.2) is 18.9 Å². The Morgan fingerprint density at radius 2 is 1.95 bits per heavy atom. The highest BCUT2D eigenvalue weighted by molar-refractivity contribution is 9.10. The lowest BCUT2D eigenvalue weighted by molar-refractivity contribution is 0.0185. The topological polar surface area (TPSA) is 85.6 Å². The third-order valence-corrected chi connectivity index (χ3v) is 8.35. The number of hydrogen-bond acceptors (Lipinski definition) is 7. The van der Waals surface area contributed by atoms with Gasteiger partial charge < -0.3 is 19.3 Å². The Bertz CT molecular complexity index is 1340. The number of rotatable bonds is 4. The first-order valence-electron chi connectivity index (χ1n) is 12.6. The number of carbonyl (C=O) groups excluding carboxylic acids is 1. The van der Waals surface area contributed by atoms with E-state index in [2.05, 4.69) is 43.2 Å². The van der Waals surface area contributed by atoms with Gasteiger partial charge in [0.05, 0.1) is 15.5 Å². The Balaban J connectivity index is 1.49. The monoisotopic (exact) mass is 596 g/mol. The minimum atomic E-state index is -0.556. The molecule has 0 N–H and O–H groups in total. The maximum atomic E-state index is 15.4. The lowest BCUT2D eigenvalue weighted by Gasteiger charge is -2.33. The van der Waals surface area contributed by atoms with Crippen LogP contribution in [0.2, 0.25) is 5.02 Å². The van der Waals surface area contributed by atoms with Crippen LogP contribution < -0.4 is 4.74 Å². The molecular weight excluding hydrogens is 567 g/mol. The van der Waals surface area contributed by atoms with E-state index in [-0.39, 0.29) is 39.1 Å². The van der Waals surface area contributed by atoms with Gasteiger partial charge in [0.2, 0.25) is 5.88 Å². The average molecular weight is 598 g/mol. The van der Waals surface area contributed by atoms with Crippen LogP contribution in [0.5, 0.6) is 5.88 Å². The third-order valence-electron chi connectivity index (χ3n) is 7.05. The smallest absolute Gasteiger partial charge is 0.410 e. The SMILES string of the molecule is CN1CCC[C@H]1COc1nc2c(F)c(Br)c(Cl)cc2c2c1nnn2C1CCN(C(=O)OC(C)(C)C)CC1. The van der Waals surface area contributed by atoms with Crippen molar-refractivity contribution in [3.05, 3.63) is 21.4 Å². The molecule has 1 amide bonds. The maximum Gasteiger partial charge on any atom is 0.410 e. The molecule has 4 heterocycles. The van der Waals surface area contributed by atoms with Crippen molar-refractivity contribution in [2.75, 3.05) is 33.3 Å². The molecule has 2 fully saturated rings. The highest BCUT2D eigenvalue weighted by Crippen LogP contribution is 2.39. The van der Waals surface area contributed by atoms with E-state index in [1.807, 2.05) is 25.5 Å². The Labute approximate surface area is 228 Å². The van der Waals surface area contributed by atoms with Gasteiger partial charge in [-0.3, -0.25) is 0 Å². The van der Waals surface area contributed by atoms with Crippen molar-refractivity contribution in [1.82, 2.24) is 29.8 Å². The zero-order chi connectivity index (χ0) is 26.5. The predicted molar refractivity (Wildman–Crippen MR) is 143 cm³/mol. The summed E-state index contributed by atoms with van der Waals surface area (Å²) in [5.74, 6) is -0.298. The van der Waals surface area contributed by atoms with Crippen LogP contribution in [-0.2, 0) is 4.74 Å². The van der Waals surface area contributed by atoms with E-state index in [1.54, 1.807) is 11.0 Å². The molecular formula is C25H31BrClFN6O3. The molecule has 200 valence electrons. The van der Waals surface area contributed by atoms with Crippen LogP contribution in [0.4, 0.5) is 9.18 Å². The van der Waals surface area contributed by atoms with Gasteiger partial charge in [0.25, 0.3) is 0 Å². The van der Waals surface area contributed by atoms with Gasteiger partial charge in [-0.05, 0) is 82.0 Å². The summed E-state index contributed by atoms with van der Waals surface area (Å²) in [6.45, 7) is 8.04. The fourth-order valence-corrected chi connectivity index (χ4v) is 5.55. The summed E-state index contributed by atoms with van der Waals surface area (Å²) in [5.41, 5.74) is 0.695. The van der Waals surface area contributed by atoms with Crippen LogP contribution in [0, 0.1) is 5.82 Å². The van der Waals surface area contributed by atoms with E-state index in [9.17, 15) is 4.79 Å². The minimum absolute atomic E-state index is 0.0476. The Hall–Kier alpha value is -2.24. The molecule has 0 aliphatic carbocycles. The number of nitrogens with zero attached hydrogens (tertiary/aromatic N) is 6. The molecule has 37 heavy (non-hydrogen) atoms. The fourth-order valence-electron chi connectivity index (χ4n) is 5.06. The summed E-state index contributed by atoms with van der Waals surface area (Å²) in [6.07, 6.45) is 3.12. The predicted octanol–water partition coefficient (Wildman–Crippen LogP) is 5.58. The number of amides is 1. The second kappa shape index (κ2) is 10.1. The second-order valence-electron chi connectivity index (χ2n) is 10.8. The van der Waals surface area contributed by atoms with Gasteiger partial charge in [-0.2, -0.15) is 0 Å². The van der Waals surface area contributed by atoms with Gasteiger partial charge >= 0.3 is 6.09 Å². The maximum absolute atomic E-state index is 15.4. The molecule has 2 aromatic heterocycles. The summed E-state index contributed by atoms with van der Waals surface area (Å²) in [7, 11) is 2.07. The zero-order valence-electron chi connectivity index (χ0n) is 21.4.